The number of fused-ring (bicyclic) bond motifs is 1. The van der Waals surface area contributed by atoms with Crippen molar-refractivity contribution in [3.05, 3.63) is 21.3 Å². The topological polar surface area (TPSA) is 23.6 Å². The maximum Gasteiger partial charge on any atom is 0.189 e. The molecule has 2 saturated heterocycles. The van der Waals surface area contributed by atoms with Crippen LogP contribution in [0.5, 0.6) is 0 Å². The molecule has 3 heterocycles. The molecule has 3 rings (SSSR count). The van der Waals surface area contributed by atoms with Crippen molar-refractivity contribution in [3.8, 4) is 0 Å². The van der Waals surface area contributed by atoms with E-state index in [9.17, 15) is 4.79 Å². The highest BCUT2D eigenvalue weighted by Crippen LogP contribution is 2.28. The summed E-state index contributed by atoms with van der Waals surface area (Å²) < 4.78 is 0.689. The number of Topliss-reactive ketones (excluding diaryl/α,β-unsaturated/α-hetero) is 1. The SMILES string of the molecule is CC1CN2CCCC2CN1C(C)C(=O)c1ccc(Cl)s1. The number of ketones is 1. The van der Waals surface area contributed by atoms with Crippen molar-refractivity contribution in [2.24, 2.45) is 0 Å². The Balaban J connectivity index is 1.72. The minimum Gasteiger partial charge on any atom is -0.298 e. The first kappa shape index (κ1) is 14.5. The molecule has 2 aliphatic heterocycles. The summed E-state index contributed by atoms with van der Waals surface area (Å²) in [6, 6.07) is 4.70. The molecule has 5 heteroatoms. The van der Waals surface area contributed by atoms with Crippen molar-refractivity contribution in [1.82, 2.24) is 9.80 Å². The van der Waals surface area contributed by atoms with E-state index in [4.69, 9.17) is 11.6 Å². The highest BCUT2D eigenvalue weighted by Gasteiger charge is 2.38. The molecule has 0 radical (unpaired) electrons. The van der Waals surface area contributed by atoms with Gasteiger partial charge in [-0.15, -0.1) is 11.3 Å². The average molecular weight is 313 g/mol. The number of halogens is 1. The summed E-state index contributed by atoms with van der Waals surface area (Å²) >= 11 is 7.33. The lowest BCUT2D eigenvalue weighted by atomic mass is 10.0. The highest BCUT2D eigenvalue weighted by molar-refractivity contribution is 7.18. The van der Waals surface area contributed by atoms with E-state index in [0.29, 0.717) is 16.4 Å². The Morgan fingerprint density at radius 2 is 2.25 bits per heavy atom. The molecule has 0 aliphatic carbocycles. The predicted molar refractivity (Wildman–Crippen MR) is 83.9 cm³/mol. The zero-order valence-electron chi connectivity index (χ0n) is 12.0. The third-order valence-electron chi connectivity index (χ3n) is 4.68. The van der Waals surface area contributed by atoms with Gasteiger partial charge in [-0.25, -0.2) is 0 Å². The molecule has 2 fully saturated rings. The molecule has 2 aliphatic rings. The molecule has 0 bridgehead atoms. The fourth-order valence-electron chi connectivity index (χ4n) is 3.55. The first-order valence-corrected chi connectivity index (χ1v) is 8.55. The molecule has 0 amide bonds. The van der Waals surface area contributed by atoms with Gasteiger partial charge in [0.2, 0.25) is 0 Å². The third-order valence-corrected chi connectivity index (χ3v) is 5.92. The average Bonchev–Trinajstić information content (AvgIpc) is 3.04. The Labute approximate surface area is 129 Å². The van der Waals surface area contributed by atoms with Gasteiger partial charge < -0.3 is 0 Å². The van der Waals surface area contributed by atoms with Crippen LogP contribution in [0.15, 0.2) is 12.1 Å². The van der Waals surface area contributed by atoms with E-state index in [1.165, 1.54) is 30.7 Å². The van der Waals surface area contributed by atoms with Gasteiger partial charge >= 0.3 is 0 Å². The zero-order chi connectivity index (χ0) is 14.3. The number of nitrogens with zero attached hydrogens (tertiary/aromatic N) is 2. The Hall–Kier alpha value is -0.420. The third kappa shape index (κ3) is 2.67. The summed E-state index contributed by atoms with van der Waals surface area (Å²) in [6.07, 6.45) is 2.57. The second kappa shape index (κ2) is 5.76. The molecule has 0 aromatic carbocycles. The van der Waals surface area contributed by atoms with E-state index in [1.54, 1.807) is 0 Å². The van der Waals surface area contributed by atoms with Gasteiger partial charge in [0.25, 0.3) is 0 Å². The van der Waals surface area contributed by atoms with Gasteiger partial charge in [-0.2, -0.15) is 0 Å². The first-order valence-electron chi connectivity index (χ1n) is 7.35. The quantitative estimate of drug-likeness (QED) is 0.801. The van der Waals surface area contributed by atoms with Crippen molar-refractivity contribution in [2.75, 3.05) is 19.6 Å². The molecular formula is C15H21ClN2OS. The molecule has 1 aromatic rings. The maximum atomic E-state index is 12.6. The van der Waals surface area contributed by atoms with Gasteiger partial charge in [0.15, 0.2) is 5.78 Å². The van der Waals surface area contributed by atoms with Crippen molar-refractivity contribution in [1.29, 1.82) is 0 Å². The summed E-state index contributed by atoms with van der Waals surface area (Å²) in [5.41, 5.74) is 0. The molecule has 3 unspecified atom stereocenters. The summed E-state index contributed by atoms with van der Waals surface area (Å²) in [6.45, 7) is 7.61. The molecule has 1 aromatic heterocycles. The van der Waals surface area contributed by atoms with Crippen LogP contribution in [0, 0.1) is 0 Å². The van der Waals surface area contributed by atoms with E-state index in [2.05, 4.69) is 16.7 Å². The molecule has 3 atom stereocenters. The van der Waals surface area contributed by atoms with Crippen LogP contribution in [0.1, 0.15) is 36.4 Å². The Morgan fingerprint density at radius 3 is 2.95 bits per heavy atom. The summed E-state index contributed by atoms with van der Waals surface area (Å²) in [5, 5.41) is 0. The van der Waals surface area contributed by atoms with Gasteiger partial charge in [0, 0.05) is 25.2 Å². The number of thiophene rings is 1. The first-order chi connectivity index (χ1) is 9.56. The number of carbonyl (C=O) groups is 1. The number of hydrogen-bond acceptors (Lipinski definition) is 4. The molecule has 0 spiro atoms. The van der Waals surface area contributed by atoms with Gasteiger partial charge in [0.1, 0.15) is 0 Å². The van der Waals surface area contributed by atoms with Crippen molar-refractivity contribution in [3.63, 3.8) is 0 Å². The lowest BCUT2D eigenvalue weighted by Gasteiger charge is -2.44. The van der Waals surface area contributed by atoms with Gasteiger partial charge in [-0.3, -0.25) is 14.6 Å². The Morgan fingerprint density at radius 1 is 1.45 bits per heavy atom. The number of rotatable bonds is 3. The Kier molecular flexibility index (Phi) is 4.18. The molecule has 0 N–H and O–H groups in total. The number of carbonyl (C=O) groups excluding carboxylic acids is 1. The summed E-state index contributed by atoms with van der Waals surface area (Å²) in [7, 11) is 0. The van der Waals surface area contributed by atoms with Crippen LogP contribution in [-0.2, 0) is 0 Å². The van der Waals surface area contributed by atoms with Crippen LogP contribution in [0.4, 0.5) is 0 Å². The molecule has 110 valence electrons. The predicted octanol–water partition coefficient (Wildman–Crippen LogP) is 3.14. The van der Waals surface area contributed by atoms with Crippen LogP contribution in [0.3, 0.4) is 0 Å². The Bertz CT molecular complexity index is 504. The van der Waals surface area contributed by atoms with Crippen LogP contribution in [0.2, 0.25) is 4.34 Å². The van der Waals surface area contributed by atoms with Crippen molar-refractivity contribution in [2.45, 2.75) is 44.8 Å². The van der Waals surface area contributed by atoms with Gasteiger partial charge in [0.05, 0.1) is 15.3 Å². The summed E-state index contributed by atoms with van der Waals surface area (Å²) in [5.74, 6) is 0.209. The minimum absolute atomic E-state index is 0.0533. The second-order valence-corrected chi connectivity index (χ2v) is 7.70. The van der Waals surface area contributed by atoms with Crippen LogP contribution in [0.25, 0.3) is 0 Å². The van der Waals surface area contributed by atoms with Gasteiger partial charge in [-0.05, 0) is 45.4 Å². The smallest absolute Gasteiger partial charge is 0.189 e. The fourth-order valence-corrected chi connectivity index (χ4v) is 4.62. The highest BCUT2D eigenvalue weighted by atomic mass is 35.5. The van der Waals surface area contributed by atoms with Crippen LogP contribution < -0.4 is 0 Å². The minimum atomic E-state index is -0.0533. The normalized spacial score (nSPS) is 29.4. The van der Waals surface area contributed by atoms with Crippen molar-refractivity contribution >= 4 is 28.7 Å². The number of piperazine rings is 1. The van der Waals surface area contributed by atoms with E-state index in [1.807, 2.05) is 19.1 Å². The largest absolute Gasteiger partial charge is 0.298 e. The molecule has 0 saturated carbocycles. The van der Waals surface area contributed by atoms with E-state index >= 15 is 0 Å². The molecule has 3 nitrogen and oxygen atoms in total. The molecule has 20 heavy (non-hydrogen) atoms. The monoisotopic (exact) mass is 312 g/mol. The van der Waals surface area contributed by atoms with E-state index in [0.717, 1.165) is 18.0 Å². The lowest BCUT2D eigenvalue weighted by Crippen LogP contribution is -2.58. The van der Waals surface area contributed by atoms with E-state index < -0.39 is 0 Å². The number of hydrogen-bond donors (Lipinski definition) is 0. The summed E-state index contributed by atoms with van der Waals surface area (Å²) in [4.78, 5) is 18.3. The fraction of sp³-hybridized carbons (Fsp3) is 0.667. The van der Waals surface area contributed by atoms with E-state index in [-0.39, 0.29) is 11.8 Å². The molecular weight excluding hydrogens is 292 g/mol. The van der Waals surface area contributed by atoms with Crippen LogP contribution in [-0.4, -0.2) is 53.3 Å². The standard InChI is InChI=1S/C15H21ClN2OS/c1-10-8-17-7-3-4-12(17)9-18(10)11(2)15(19)13-5-6-14(16)20-13/h5-6,10-12H,3-4,7-9H2,1-2H3. The lowest BCUT2D eigenvalue weighted by molar-refractivity contribution is 0.0313. The van der Waals surface area contributed by atoms with Gasteiger partial charge in [-0.1, -0.05) is 11.6 Å². The maximum absolute atomic E-state index is 12.6. The second-order valence-electron chi connectivity index (χ2n) is 5.98. The van der Waals surface area contributed by atoms with Crippen molar-refractivity contribution < 1.29 is 4.79 Å². The zero-order valence-corrected chi connectivity index (χ0v) is 13.6. The van der Waals surface area contributed by atoms with Crippen LogP contribution >= 0.6 is 22.9 Å².